The Morgan fingerprint density at radius 1 is 1.44 bits per heavy atom. The Morgan fingerprint density at radius 2 is 2.17 bits per heavy atom. The average molecular weight is 270 g/mol. The Bertz CT molecular complexity index is 407. The quantitative estimate of drug-likeness (QED) is 0.581. The first kappa shape index (κ1) is 15.0. The highest BCUT2D eigenvalue weighted by Crippen LogP contribution is 2.14. The predicted octanol–water partition coefficient (Wildman–Crippen LogP) is 3.89. The van der Waals surface area contributed by atoms with Crippen molar-refractivity contribution in [2.75, 3.05) is 6.61 Å². The van der Waals surface area contributed by atoms with Crippen molar-refractivity contribution in [1.82, 2.24) is 4.98 Å². The van der Waals surface area contributed by atoms with Crippen molar-refractivity contribution in [3.05, 3.63) is 28.5 Å². The summed E-state index contributed by atoms with van der Waals surface area (Å²) in [6.07, 6.45) is 2.90. The maximum Gasteiger partial charge on any atom is 0.338 e. The molecule has 4 heteroatoms. The van der Waals surface area contributed by atoms with Gasteiger partial charge in [-0.1, -0.05) is 38.8 Å². The van der Waals surface area contributed by atoms with Crippen molar-refractivity contribution in [3.63, 3.8) is 0 Å². The number of aryl methyl sites for hydroxylation is 1. The standard InChI is InChI=1S/C14H20ClNO2/c1-4-6-10(3)9-18-14(17)11-7-12(5-2)16-13(15)8-11/h7-8,10H,4-6,9H2,1-3H3. The number of pyridine rings is 1. The molecule has 0 spiro atoms. The molecule has 1 unspecified atom stereocenters. The molecule has 0 aliphatic carbocycles. The van der Waals surface area contributed by atoms with Crippen molar-refractivity contribution < 1.29 is 9.53 Å². The SMILES string of the molecule is CCCC(C)COC(=O)c1cc(Cl)nc(CC)c1. The summed E-state index contributed by atoms with van der Waals surface area (Å²) >= 11 is 5.87. The molecule has 18 heavy (non-hydrogen) atoms. The van der Waals surface area contributed by atoms with Gasteiger partial charge < -0.3 is 4.74 Å². The van der Waals surface area contributed by atoms with Crippen LogP contribution < -0.4 is 0 Å². The zero-order chi connectivity index (χ0) is 13.5. The molecule has 1 heterocycles. The van der Waals surface area contributed by atoms with Gasteiger partial charge in [-0.25, -0.2) is 9.78 Å². The Kier molecular flexibility index (Phi) is 6.13. The van der Waals surface area contributed by atoms with Crippen LogP contribution >= 0.6 is 11.6 Å². The van der Waals surface area contributed by atoms with E-state index in [2.05, 4.69) is 18.8 Å². The second kappa shape index (κ2) is 7.37. The fraction of sp³-hybridized carbons (Fsp3) is 0.571. The Morgan fingerprint density at radius 3 is 2.78 bits per heavy atom. The Hall–Kier alpha value is -1.09. The number of nitrogens with zero attached hydrogens (tertiary/aromatic N) is 1. The highest BCUT2D eigenvalue weighted by atomic mass is 35.5. The molecule has 0 radical (unpaired) electrons. The number of carbonyl (C=O) groups is 1. The van der Waals surface area contributed by atoms with Crippen molar-refractivity contribution in [2.24, 2.45) is 5.92 Å². The lowest BCUT2D eigenvalue weighted by atomic mass is 10.1. The van der Waals surface area contributed by atoms with Crippen LogP contribution in [-0.2, 0) is 11.2 Å². The van der Waals surface area contributed by atoms with Crippen LogP contribution in [-0.4, -0.2) is 17.6 Å². The third-order valence-electron chi connectivity index (χ3n) is 2.73. The van der Waals surface area contributed by atoms with Crippen LogP contribution in [0.25, 0.3) is 0 Å². The maximum atomic E-state index is 11.9. The molecule has 1 rings (SSSR count). The van der Waals surface area contributed by atoms with Crippen LogP contribution in [0.5, 0.6) is 0 Å². The van der Waals surface area contributed by atoms with Gasteiger partial charge in [-0.3, -0.25) is 0 Å². The second-order valence-corrected chi connectivity index (χ2v) is 4.90. The number of halogens is 1. The van der Waals surface area contributed by atoms with E-state index in [1.54, 1.807) is 12.1 Å². The van der Waals surface area contributed by atoms with E-state index in [-0.39, 0.29) is 5.97 Å². The van der Waals surface area contributed by atoms with Crippen LogP contribution in [0.3, 0.4) is 0 Å². The van der Waals surface area contributed by atoms with Gasteiger partial charge in [0.05, 0.1) is 12.2 Å². The van der Waals surface area contributed by atoms with Crippen LogP contribution in [0.4, 0.5) is 0 Å². The van der Waals surface area contributed by atoms with E-state index < -0.39 is 0 Å². The minimum atomic E-state index is -0.322. The van der Waals surface area contributed by atoms with E-state index in [1.165, 1.54) is 0 Å². The molecule has 1 atom stereocenters. The first-order valence-electron chi connectivity index (χ1n) is 6.40. The largest absolute Gasteiger partial charge is 0.462 e. The molecule has 0 aromatic carbocycles. The molecule has 0 saturated carbocycles. The number of aromatic nitrogens is 1. The lowest BCUT2D eigenvalue weighted by Gasteiger charge is -2.11. The highest BCUT2D eigenvalue weighted by Gasteiger charge is 2.11. The molecule has 0 amide bonds. The summed E-state index contributed by atoms with van der Waals surface area (Å²) < 4.78 is 5.27. The summed E-state index contributed by atoms with van der Waals surface area (Å²) in [5.41, 5.74) is 1.28. The fourth-order valence-electron chi connectivity index (χ4n) is 1.73. The number of rotatable bonds is 6. The normalized spacial score (nSPS) is 12.2. The van der Waals surface area contributed by atoms with Crippen LogP contribution in [0.2, 0.25) is 5.15 Å². The monoisotopic (exact) mass is 269 g/mol. The van der Waals surface area contributed by atoms with Crippen LogP contribution in [0.1, 0.15) is 49.7 Å². The second-order valence-electron chi connectivity index (χ2n) is 4.52. The average Bonchev–Trinajstić information content (AvgIpc) is 2.35. The minimum Gasteiger partial charge on any atom is -0.462 e. The Balaban J connectivity index is 2.63. The zero-order valence-corrected chi connectivity index (χ0v) is 12.0. The van der Waals surface area contributed by atoms with Crippen molar-refractivity contribution >= 4 is 17.6 Å². The van der Waals surface area contributed by atoms with Gasteiger partial charge in [0.1, 0.15) is 5.15 Å². The molecule has 0 aliphatic rings. The maximum absolute atomic E-state index is 11.9. The van der Waals surface area contributed by atoms with Gasteiger partial charge in [0.2, 0.25) is 0 Å². The number of hydrogen-bond donors (Lipinski definition) is 0. The molecular weight excluding hydrogens is 250 g/mol. The lowest BCUT2D eigenvalue weighted by Crippen LogP contribution is -2.12. The minimum absolute atomic E-state index is 0.322. The molecule has 100 valence electrons. The molecule has 0 fully saturated rings. The number of carbonyl (C=O) groups excluding carboxylic acids is 1. The molecule has 1 aromatic rings. The van der Waals surface area contributed by atoms with Gasteiger partial charge in [0, 0.05) is 5.69 Å². The third kappa shape index (κ3) is 4.65. The third-order valence-corrected chi connectivity index (χ3v) is 2.92. The molecule has 0 aliphatic heterocycles. The van der Waals surface area contributed by atoms with Crippen molar-refractivity contribution in [1.29, 1.82) is 0 Å². The summed E-state index contributed by atoms with van der Waals surface area (Å²) in [6, 6.07) is 3.28. The van der Waals surface area contributed by atoms with Gasteiger partial charge in [-0.2, -0.15) is 0 Å². The van der Waals surface area contributed by atoms with E-state index in [0.717, 1.165) is 25.0 Å². The smallest absolute Gasteiger partial charge is 0.338 e. The summed E-state index contributed by atoms with van der Waals surface area (Å²) in [5, 5.41) is 0.336. The van der Waals surface area contributed by atoms with Gasteiger partial charge in [0.15, 0.2) is 0 Å². The fourth-order valence-corrected chi connectivity index (χ4v) is 1.95. The number of hydrogen-bond acceptors (Lipinski definition) is 3. The highest BCUT2D eigenvalue weighted by molar-refractivity contribution is 6.29. The topological polar surface area (TPSA) is 39.2 Å². The molecular formula is C14H20ClNO2. The van der Waals surface area contributed by atoms with E-state index >= 15 is 0 Å². The van der Waals surface area contributed by atoms with E-state index in [1.807, 2.05) is 6.92 Å². The van der Waals surface area contributed by atoms with Crippen molar-refractivity contribution in [3.8, 4) is 0 Å². The number of ether oxygens (including phenoxy) is 1. The number of esters is 1. The van der Waals surface area contributed by atoms with E-state index in [4.69, 9.17) is 16.3 Å². The molecule has 0 N–H and O–H groups in total. The van der Waals surface area contributed by atoms with Crippen LogP contribution in [0.15, 0.2) is 12.1 Å². The van der Waals surface area contributed by atoms with Gasteiger partial charge >= 0.3 is 5.97 Å². The predicted molar refractivity (Wildman–Crippen MR) is 73.0 cm³/mol. The van der Waals surface area contributed by atoms with Crippen molar-refractivity contribution in [2.45, 2.75) is 40.0 Å². The molecule has 3 nitrogen and oxygen atoms in total. The first-order valence-corrected chi connectivity index (χ1v) is 6.78. The van der Waals surface area contributed by atoms with Crippen LogP contribution in [0, 0.1) is 5.92 Å². The van der Waals surface area contributed by atoms with Gasteiger partial charge in [0.25, 0.3) is 0 Å². The van der Waals surface area contributed by atoms with E-state index in [9.17, 15) is 4.79 Å². The van der Waals surface area contributed by atoms with E-state index in [0.29, 0.717) is 23.2 Å². The summed E-state index contributed by atoms with van der Waals surface area (Å²) in [7, 11) is 0. The van der Waals surface area contributed by atoms with Gasteiger partial charge in [-0.15, -0.1) is 0 Å². The first-order chi connectivity index (χ1) is 8.56. The molecule has 0 saturated heterocycles. The zero-order valence-electron chi connectivity index (χ0n) is 11.2. The Labute approximate surface area is 114 Å². The molecule has 1 aromatic heterocycles. The summed E-state index contributed by atoms with van der Waals surface area (Å²) in [5.74, 6) is 0.0684. The van der Waals surface area contributed by atoms with Gasteiger partial charge in [-0.05, 0) is 30.9 Å². The summed E-state index contributed by atoms with van der Waals surface area (Å²) in [4.78, 5) is 16.0. The summed E-state index contributed by atoms with van der Waals surface area (Å²) in [6.45, 7) is 6.62. The lowest BCUT2D eigenvalue weighted by molar-refractivity contribution is 0.0443. The molecule has 0 bridgehead atoms.